The average Bonchev–Trinajstić information content (AvgIpc) is 2.58. The standard InChI is InChI=1S/C15H14ClF2N3OS2/c16-14-12(19-6-10-8-23-3-4-24-10)7-20-21(15(14)22)13-2-1-9(17)5-11(13)18/h1-2,5,7,10,19H,3-4,6,8H2. The average molecular weight is 390 g/mol. The van der Waals surface area contributed by atoms with Crippen molar-refractivity contribution in [1.29, 1.82) is 0 Å². The molecule has 3 rings (SSSR count). The molecule has 0 aliphatic carbocycles. The molecule has 1 aromatic heterocycles. The molecule has 9 heteroatoms. The van der Waals surface area contributed by atoms with Gasteiger partial charge in [0.25, 0.3) is 5.56 Å². The van der Waals surface area contributed by atoms with E-state index in [0.29, 0.717) is 23.5 Å². The molecule has 0 amide bonds. The van der Waals surface area contributed by atoms with Crippen LogP contribution in [0.5, 0.6) is 0 Å². The maximum atomic E-state index is 13.8. The van der Waals surface area contributed by atoms with E-state index in [9.17, 15) is 13.6 Å². The summed E-state index contributed by atoms with van der Waals surface area (Å²) in [6.45, 7) is 0.674. The number of hydrogen-bond donors (Lipinski definition) is 1. The Labute approximate surface area is 151 Å². The molecular weight excluding hydrogens is 376 g/mol. The number of hydrogen-bond acceptors (Lipinski definition) is 5. The highest BCUT2D eigenvalue weighted by Gasteiger charge is 2.17. The number of halogens is 3. The SMILES string of the molecule is O=c1c(Cl)c(NCC2CSCCS2)cnn1-c1ccc(F)cc1F. The molecule has 1 unspecified atom stereocenters. The van der Waals surface area contributed by atoms with E-state index >= 15 is 0 Å². The predicted octanol–water partition coefficient (Wildman–Crippen LogP) is 3.42. The molecule has 1 saturated heterocycles. The zero-order valence-corrected chi connectivity index (χ0v) is 14.9. The van der Waals surface area contributed by atoms with E-state index in [4.69, 9.17) is 11.6 Å². The maximum Gasteiger partial charge on any atom is 0.292 e. The van der Waals surface area contributed by atoms with Crippen molar-refractivity contribution in [3.05, 3.63) is 51.4 Å². The smallest absolute Gasteiger partial charge is 0.292 e. The molecule has 0 saturated carbocycles. The van der Waals surface area contributed by atoms with E-state index < -0.39 is 17.2 Å². The van der Waals surface area contributed by atoms with Crippen LogP contribution in [0.3, 0.4) is 0 Å². The molecule has 1 aliphatic heterocycles. The second-order valence-corrected chi connectivity index (χ2v) is 8.07. The fourth-order valence-corrected chi connectivity index (χ4v) is 5.07. The Hall–Kier alpha value is -1.25. The van der Waals surface area contributed by atoms with E-state index in [1.807, 2.05) is 23.5 Å². The molecule has 128 valence electrons. The molecule has 1 atom stereocenters. The summed E-state index contributed by atoms with van der Waals surface area (Å²) in [7, 11) is 0. The van der Waals surface area contributed by atoms with Gasteiger partial charge in [-0.1, -0.05) is 11.6 Å². The van der Waals surface area contributed by atoms with Crippen molar-refractivity contribution in [2.75, 3.05) is 29.1 Å². The van der Waals surface area contributed by atoms with E-state index in [1.54, 1.807) is 0 Å². The van der Waals surface area contributed by atoms with Gasteiger partial charge in [-0.05, 0) is 12.1 Å². The third-order valence-corrected chi connectivity index (χ3v) is 6.67. The molecular formula is C15H14ClF2N3OS2. The van der Waals surface area contributed by atoms with Crippen LogP contribution in [-0.4, -0.2) is 38.8 Å². The highest BCUT2D eigenvalue weighted by atomic mass is 35.5. The second-order valence-electron chi connectivity index (χ2n) is 5.13. The molecule has 0 spiro atoms. The Kier molecular flexibility index (Phi) is 5.68. The van der Waals surface area contributed by atoms with Gasteiger partial charge in [0.2, 0.25) is 0 Å². The maximum absolute atomic E-state index is 13.8. The first-order chi connectivity index (χ1) is 11.6. The van der Waals surface area contributed by atoms with Gasteiger partial charge in [0.1, 0.15) is 16.5 Å². The molecule has 24 heavy (non-hydrogen) atoms. The molecule has 4 nitrogen and oxygen atoms in total. The van der Waals surface area contributed by atoms with E-state index in [-0.39, 0.29) is 10.7 Å². The van der Waals surface area contributed by atoms with Gasteiger partial charge < -0.3 is 5.32 Å². The van der Waals surface area contributed by atoms with Crippen molar-refractivity contribution in [3.63, 3.8) is 0 Å². The Bertz CT molecular complexity index is 797. The van der Waals surface area contributed by atoms with Crippen LogP contribution in [0.25, 0.3) is 5.69 Å². The minimum atomic E-state index is -0.878. The lowest BCUT2D eigenvalue weighted by Crippen LogP contribution is -2.26. The van der Waals surface area contributed by atoms with Crippen LogP contribution < -0.4 is 10.9 Å². The Morgan fingerprint density at radius 1 is 1.38 bits per heavy atom. The summed E-state index contributed by atoms with van der Waals surface area (Å²) in [5.74, 6) is 1.70. The highest BCUT2D eigenvalue weighted by molar-refractivity contribution is 8.06. The van der Waals surface area contributed by atoms with Crippen LogP contribution in [-0.2, 0) is 0 Å². The second kappa shape index (κ2) is 7.76. The summed E-state index contributed by atoms with van der Waals surface area (Å²) in [4.78, 5) is 12.3. The van der Waals surface area contributed by atoms with Crippen LogP contribution in [0.4, 0.5) is 14.5 Å². The molecule has 2 aromatic rings. The summed E-state index contributed by atoms with van der Waals surface area (Å²) in [6, 6.07) is 2.91. The monoisotopic (exact) mass is 389 g/mol. The first-order valence-corrected chi connectivity index (χ1v) is 9.81. The number of rotatable bonds is 4. The summed E-state index contributed by atoms with van der Waals surface area (Å²) in [5, 5.41) is 7.45. The molecule has 1 aliphatic rings. The summed E-state index contributed by atoms with van der Waals surface area (Å²) < 4.78 is 27.7. The minimum absolute atomic E-state index is 0.0674. The van der Waals surface area contributed by atoms with Gasteiger partial charge in [0, 0.05) is 35.1 Å². The predicted molar refractivity (Wildman–Crippen MR) is 96.8 cm³/mol. The van der Waals surface area contributed by atoms with Gasteiger partial charge in [0.05, 0.1) is 11.9 Å². The summed E-state index contributed by atoms with van der Waals surface area (Å²) in [6.07, 6.45) is 1.38. The minimum Gasteiger partial charge on any atom is -0.381 e. The fraction of sp³-hybridized carbons (Fsp3) is 0.333. The number of nitrogens with zero attached hydrogens (tertiary/aromatic N) is 2. The van der Waals surface area contributed by atoms with Gasteiger partial charge in [-0.15, -0.1) is 0 Å². The lowest BCUT2D eigenvalue weighted by Gasteiger charge is -2.21. The van der Waals surface area contributed by atoms with E-state index in [2.05, 4.69) is 10.4 Å². The van der Waals surface area contributed by atoms with Gasteiger partial charge in [-0.25, -0.2) is 8.78 Å². The molecule has 2 heterocycles. The third kappa shape index (κ3) is 3.87. The van der Waals surface area contributed by atoms with Gasteiger partial charge in [-0.3, -0.25) is 4.79 Å². The molecule has 0 radical (unpaired) electrons. The van der Waals surface area contributed by atoms with Crippen molar-refractivity contribution in [2.24, 2.45) is 0 Å². The van der Waals surface area contributed by atoms with Crippen LogP contribution in [0, 0.1) is 11.6 Å². The van der Waals surface area contributed by atoms with Crippen molar-refractivity contribution in [2.45, 2.75) is 5.25 Å². The van der Waals surface area contributed by atoms with E-state index in [0.717, 1.165) is 34.1 Å². The largest absolute Gasteiger partial charge is 0.381 e. The lowest BCUT2D eigenvalue weighted by molar-refractivity contribution is 0.571. The lowest BCUT2D eigenvalue weighted by atomic mass is 10.3. The molecule has 0 bridgehead atoms. The van der Waals surface area contributed by atoms with Crippen molar-refractivity contribution in [1.82, 2.24) is 9.78 Å². The topological polar surface area (TPSA) is 46.9 Å². The number of aromatic nitrogens is 2. The Morgan fingerprint density at radius 2 is 2.21 bits per heavy atom. The van der Waals surface area contributed by atoms with E-state index in [1.165, 1.54) is 6.20 Å². The Morgan fingerprint density at radius 3 is 2.92 bits per heavy atom. The molecule has 1 aromatic carbocycles. The summed E-state index contributed by atoms with van der Waals surface area (Å²) >= 11 is 9.89. The van der Waals surface area contributed by atoms with Crippen molar-refractivity contribution < 1.29 is 8.78 Å². The van der Waals surface area contributed by atoms with Crippen LogP contribution in [0.2, 0.25) is 5.02 Å². The number of nitrogens with one attached hydrogen (secondary N) is 1. The van der Waals surface area contributed by atoms with Crippen LogP contribution >= 0.6 is 35.1 Å². The number of benzene rings is 1. The van der Waals surface area contributed by atoms with Crippen molar-refractivity contribution in [3.8, 4) is 5.69 Å². The first kappa shape index (κ1) is 17.6. The number of thioether (sulfide) groups is 2. The fourth-order valence-electron chi connectivity index (χ4n) is 2.26. The van der Waals surface area contributed by atoms with Crippen LogP contribution in [0.15, 0.2) is 29.2 Å². The quantitative estimate of drug-likeness (QED) is 0.868. The molecule has 1 fully saturated rings. The van der Waals surface area contributed by atoms with Gasteiger partial charge in [0.15, 0.2) is 5.82 Å². The van der Waals surface area contributed by atoms with Gasteiger partial charge in [-0.2, -0.15) is 33.3 Å². The number of anilines is 1. The normalized spacial score (nSPS) is 17.7. The van der Waals surface area contributed by atoms with Crippen molar-refractivity contribution >= 4 is 40.8 Å². The highest BCUT2D eigenvalue weighted by Crippen LogP contribution is 2.25. The third-order valence-electron chi connectivity index (χ3n) is 3.46. The zero-order chi connectivity index (χ0) is 17.1. The van der Waals surface area contributed by atoms with Crippen LogP contribution in [0.1, 0.15) is 0 Å². The molecule has 1 N–H and O–H groups in total. The zero-order valence-electron chi connectivity index (χ0n) is 12.5. The summed E-state index contributed by atoms with van der Waals surface area (Å²) in [5.41, 5.74) is -0.386. The Balaban J connectivity index is 1.82. The van der Waals surface area contributed by atoms with Gasteiger partial charge >= 0.3 is 0 Å². The first-order valence-electron chi connectivity index (χ1n) is 7.22.